The molecule has 0 bridgehead atoms. The van der Waals surface area contributed by atoms with E-state index in [9.17, 15) is 0 Å². The third-order valence-electron chi connectivity index (χ3n) is 4.04. The summed E-state index contributed by atoms with van der Waals surface area (Å²) in [5.41, 5.74) is 0.789. The summed E-state index contributed by atoms with van der Waals surface area (Å²) in [6, 6.07) is 8.50. The molecule has 21 heavy (non-hydrogen) atoms. The topological polar surface area (TPSA) is 43.6 Å². The van der Waals surface area contributed by atoms with Gasteiger partial charge in [0.25, 0.3) is 0 Å². The largest absolute Gasteiger partial charge is 0.493 e. The predicted octanol–water partition coefficient (Wildman–Crippen LogP) is 3.49. The fourth-order valence-corrected chi connectivity index (χ4v) is 2.99. The zero-order valence-electron chi connectivity index (χ0n) is 12.9. The Morgan fingerprint density at radius 1 is 1.38 bits per heavy atom. The van der Waals surface area contributed by atoms with Crippen molar-refractivity contribution in [2.24, 2.45) is 0 Å². The molecule has 1 aliphatic rings. The average molecular weight is 289 g/mol. The number of para-hydroxylation sites is 1. The predicted molar refractivity (Wildman–Crippen MR) is 82.7 cm³/mol. The first-order chi connectivity index (χ1) is 10.1. The lowest BCUT2D eigenvalue weighted by Crippen LogP contribution is -2.43. The third kappa shape index (κ3) is 3.22. The summed E-state index contributed by atoms with van der Waals surface area (Å²) in [4.78, 5) is 0. The number of hydrogen-bond acceptors (Lipinski definition) is 4. The molecule has 2 heterocycles. The smallest absolute Gasteiger partial charge is 0.176 e. The van der Waals surface area contributed by atoms with Crippen molar-refractivity contribution in [1.29, 1.82) is 0 Å². The van der Waals surface area contributed by atoms with Crippen LogP contribution in [0.5, 0.6) is 5.75 Å². The van der Waals surface area contributed by atoms with Crippen LogP contribution in [0.2, 0.25) is 0 Å². The lowest BCUT2D eigenvalue weighted by atomic mass is 9.94. The van der Waals surface area contributed by atoms with Gasteiger partial charge in [0.2, 0.25) is 0 Å². The molecule has 2 aromatic rings. The van der Waals surface area contributed by atoms with Gasteiger partial charge in [0.05, 0.1) is 19.3 Å². The molecule has 0 radical (unpaired) electrons. The third-order valence-corrected chi connectivity index (χ3v) is 4.04. The van der Waals surface area contributed by atoms with Crippen LogP contribution in [0.4, 0.5) is 0 Å². The van der Waals surface area contributed by atoms with Crippen LogP contribution >= 0.6 is 0 Å². The van der Waals surface area contributed by atoms with Gasteiger partial charge >= 0.3 is 0 Å². The normalized spacial score (nSPS) is 21.6. The molecule has 1 aromatic carbocycles. The van der Waals surface area contributed by atoms with Gasteiger partial charge in [0, 0.05) is 18.0 Å². The number of hydrogen-bond donors (Lipinski definition) is 1. The SMILES string of the molecule is COc1cccc2cc(CNC3CCOC(C)(C)C3)oc12. The lowest BCUT2D eigenvalue weighted by molar-refractivity contribution is -0.0632. The Morgan fingerprint density at radius 3 is 3.00 bits per heavy atom. The van der Waals surface area contributed by atoms with Crippen molar-refractivity contribution in [3.8, 4) is 5.75 Å². The first kappa shape index (κ1) is 14.4. The minimum atomic E-state index is -0.0347. The maximum Gasteiger partial charge on any atom is 0.176 e. The molecule has 1 fully saturated rings. The Bertz CT molecular complexity index is 618. The molecule has 3 rings (SSSR count). The lowest BCUT2D eigenvalue weighted by Gasteiger charge is -2.35. The molecule has 0 amide bonds. The highest BCUT2D eigenvalue weighted by atomic mass is 16.5. The van der Waals surface area contributed by atoms with Crippen molar-refractivity contribution >= 4 is 11.0 Å². The van der Waals surface area contributed by atoms with E-state index in [1.165, 1.54) is 0 Å². The van der Waals surface area contributed by atoms with E-state index in [-0.39, 0.29) is 5.60 Å². The Labute approximate surface area is 125 Å². The standard InChI is InChI=1S/C17H23NO3/c1-17(2)10-13(7-8-20-17)18-11-14-9-12-5-4-6-15(19-3)16(12)21-14/h4-6,9,13,18H,7-8,10-11H2,1-3H3. The zero-order valence-corrected chi connectivity index (χ0v) is 12.9. The van der Waals surface area contributed by atoms with Gasteiger partial charge in [0.15, 0.2) is 11.3 Å². The van der Waals surface area contributed by atoms with Gasteiger partial charge in [-0.25, -0.2) is 0 Å². The highest BCUT2D eigenvalue weighted by Crippen LogP contribution is 2.29. The van der Waals surface area contributed by atoms with E-state index in [4.69, 9.17) is 13.9 Å². The van der Waals surface area contributed by atoms with Crippen molar-refractivity contribution in [3.63, 3.8) is 0 Å². The monoisotopic (exact) mass is 289 g/mol. The first-order valence-electron chi connectivity index (χ1n) is 7.50. The molecular formula is C17H23NO3. The molecule has 1 N–H and O–H groups in total. The molecule has 1 saturated heterocycles. The van der Waals surface area contributed by atoms with Crippen molar-refractivity contribution in [3.05, 3.63) is 30.0 Å². The maximum absolute atomic E-state index is 5.91. The van der Waals surface area contributed by atoms with Crippen LogP contribution in [0.25, 0.3) is 11.0 Å². The van der Waals surface area contributed by atoms with Crippen molar-refractivity contribution in [2.75, 3.05) is 13.7 Å². The highest BCUT2D eigenvalue weighted by Gasteiger charge is 2.28. The molecular weight excluding hydrogens is 266 g/mol. The van der Waals surface area contributed by atoms with Gasteiger partial charge in [-0.05, 0) is 38.8 Å². The number of methoxy groups -OCH3 is 1. The van der Waals surface area contributed by atoms with E-state index >= 15 is 0 Å². The molecule has 4 heteroatoms. The van der Waals surface area contributed by atoms with Crippen LogP contribution in [0, 0.1) is 0 Å². The number of benzene rings is 1. The second-order valence-electron chi connectivity index (χ2n) is 6.27. The summed E-state index contributed by atoms with van der Waals surface area (Å²) in [7, 11) is 1.67. The highest BCUT2D eigenvalue weighted by molar-refractivity contribution is 5.83. The number of nitrogens with one attached hydrogen (secondary N) is 1. The maximum atomic E-state index is 5.91. The van der Waals surface area contributed by atoms with Crippen LogP contribution in [-0.4, -0.2) is 25.4 Å². The minimum Gasteiger partial charge on any atom is -0.493 e. The van der Waals surface area contributed by atoms with Crippen molar-refractivity contribution < 1.29 is 13.9 Å². The molecule has 0 saturated carbocycles. The van der Waals surface area contributed by atoms with E-state index in [1.54, 1.807) is 7.11 Å². The summed E-state index contributed by atoms with van der Waals surface area (Å²) in [6.45, 7) is 5.84. The zero-order chi connectivity index (χ0) is 14.9. The van der Waals surface area contributed by atoms with E-state index in [0.717, 1.165) is 48.5 Å². The molecule has 1 aromatic heterocycles. The fourth-order valence-electron chi connectivity index (χ4n) is 2.99. The Kier molecular flexibility index (Phi) is 3.91. The van der Waals surface area contributed by atoms with Gasteiger partial charge in [-0.3, -0.25) is 0 Å². The summed E-state index contributed by atoms with van der Waals surface area (Å²) in [5, 5.41) is 4.66. The average Bonchev–Trinajstić information content (AvgIpc) is 2.87. The molecule has 4 nitrogen and oxygen atoms in total. The van der Waals surface area contributed by atoms with Crippen LogP contribution in [-0.2, 0) is 11.3 Å². The Morgan fingerprint density at radius 2 is 2.24 bits per heavy atom. The number of rotatable bonds is 4. The van der Waals surface area contributed by atoms with E-state index < -0.39 is 0 Å². The van der Waals surface area contributed by atoms with Crippen LogP contribution in [0.3, 0.4) is 0 Å². The Balaban J connectivity index is 1.68. The van der Waals surface area contributed by atoms with E-state index in [2.05, 4.69) is 25.2 Å². The summed E-state index contributed by atoms with van der Waals surface area (Å²) in [6.07, 6.45) is 2.07. The molecule has 1 aliphatic heterocycles. The van der Waals surface area contributed by atoms with Gasteiger partial charge < -0.3 is 19.2 Å². The van der Waals surface area contributed by atoms with Gasteiger partial charge in [-0.15, -0.1) is 0 Å². The van der Waals surface area contributed by atoms with Crippen LogP contribution in [0.1, 0.15) is 32.4 Å². The fraction of sp³-hybridized carbons (Fsp3) is 0.529. The van der Waals surface area contributed by atoms with Crippen molar-refractivity contribution in [1.82, 2.24) is 5.32 Å². The van der Waals surface area contributed by atoms with Crippen LogP contribution < -0.4 is 10.1 Å². The second kappa shape index (κ2) is 5.70. The summed E-state index contributed by atoms with van der Waals surface area (Å²) < 4.78 is 17.0. The first-order valence-corrected chi connectivity index (χ1v) is 7.50. The van der Waals surface area contributed by atoms with Gasteiger partial charge in [-0.1, -0.05) is 12.1 Å². The number of furan rings is 1. The molecule has 1 unspecified atom stereocenters. The van der Waals surface area contributed by atoms with E-state index in [0.29, 0.717) is 6.04 Å². The molecule has 0 aliphatic carbocycles. The number of ether oxygens (including phenoxy) is 2. The van der Waals surface area contributed by atoms with Crippen LogP contribution in [0.15, 0.2) is 28.7 Å². The van der Waals surface area contributed by atoms with E-state index in [1.807, 2.05) is 18.2 Å². The minimum absolute atomic E-state index is 0.0347. The van der Waals surface area contributed by atoms with Crippen molar-refractivity contribution in [2.45, 2.75) is 44.9 Å². The summed E-state index contributed by atoms with van der Waals surface area (Å²) in [5.74, 6) is 1.73. The van der Waals surface area contributed by atoms with Gasteiger partial charge in [0.1, 0.15) is 5.76 Å². The molecule has 0 spiro atoms. The quantitative estimate of drug-likeness (QED) is 0.935. The number of fused-ring (bicyclic) bond motifs is 1. The Hall–Kier alpha value is -1.52. The molecule has 114 valence electrons. The molecule has 1 atom stereocenters. The second-order valence-corrected chi connectivity index (χ2v) is 6.27. The van der Waals surface area contributed by atoms with Gasteiger partial charge in [-0.2, -0.15) is 0 Å². The summed E-state index contributed by atoms with van der Waals surface area (Å²) >= 11 is 0.